The van der Waals surface area contributed by atoms with E-state index >= 15 is 0 Å². The summed E-state index contributed by atoms with van der Waals surface area (Å²) >= 11 is 0. The molecule has 0 radical (unpaired) electrons. The minimum absolute atomic E-state index is 0.166. The van der Waals surface area contributed by atoms with Crippen molar-refractivity contribution in [3.05, 3.63) is 66.2 Å². The number of fused-ring (bicyclic) bond motifs is 1. The van der Waals surface area contributed by atoms with Crippen LogP contribution in [0.4, 0.5) is 16.0 Å². The number of benzene rings is 2. The lowest BCUT2D eigenvalue weighted by Crippen LogP contribution is -2.38. The van der Waals surface area contributed by atoms with Crippen molar-refractivity contribution in [2.45, 2.75) is 45.6 Å². The van der Waals surface area contributed by atoms with E-state index in [2.05, 4.69) is 25.9 Å². The number of hydrogen-bond acceptors (Lipinski definition) is 7. The molecule has 1 aliphatic carbocycles. The molecular formula is C30H31FN6O2. The van der Waals surface area contributed by atoms with E-state index in [0.717, 1.165) is 44.3 Å². The van der Waals surface area contributed by atoms with Crippen LogP contribution >= 0.6 is 0 Å². The minimum Gasteiger partial charge on any atom is -0.437 e. The highest BCUT2D eigenvalue weighted by Gasteiger charge is 2.45. The molecule has 39 heavy (non-hydrogen) atoms. The van der Waals surface area contributed by atoms with Crippen molar-refractivity contribution >= 4 is 28.3 Å². The molecule has 2 aromatic heterocycles. The molecule has 3 N–H and O–H groups in total. The van der Waals surface area contributed by atoms with Crippen molar-refractivity contribution in [1.82, 2.24) is 20.3 Å². The predicted octanol–water partition coefficient (Wildman–Crippen LogP) is 5.83. The summed E-state index contributed by atoms with van der Waals surface area (Å²) in [5, 5.41) is 10.9. The normalized spacial score (nSPS) is 18.0. The van der Waals surface area contributed by atoms with Gasteiger partial charge < -0.3 is 20.7 Å². The summed E-state index contributed by atoms with van der Waals surface area (Å²) in [6, 6.07) is 12.5. The fourth-order valence-corrected chi connectivity index (χ4v) is 4.90. The average molecular weight is 527 g/mol. The third-order valence-corrected chi connectivity index (χ3v) is 7.62. The number of nitrogens with one attached hydrogen (secondary N) is 3. The first kappa shape index (κ1) is 25.2. The van der Waals surface area contributed by atoms with Crippen molar-refractivity contribution in [3.8, 4) is 22.9 Å². The van der Waals surface area contributed by atoms with E-state index in [9.17, 15) is 9.18 Å². The van der Waals surface area contributed by atoms with Crippen LogP contribution in [-0.4, -0.2) is 40.0 Å². The van der Waals surface area contributed by atoms with Gasteiger partial charge in [0.15, 0.2) is 0 Å². The van der Waals surface area contributed by atoms with Gasteiger partial charge >= 0.3 is 0 Å². The van der Waals surface area contributed by atoms with Crippen LogP contribution in [0.3, 0.4) is 0 Å². The van der Waals surface area contributed by atoms with Gasteiger partial charge in [-0.25, -0.2) is 19.3 Å². The molecule has 200 valence electrons. The van der Waals surface area contributed by atoms with Gasteiger partial charge in [0.05, 0.1) is 16.9 Å². The van der Waals surface area contributed by atoms with Crippen LogP contribution in [0.1, 0.15) is 38.2 Å². The highest BCUT2D eigenvalue weighted by molar-refractivity contribution is 6.06. The highest BCUT2D eigenvalue weighted by atomic mass is 19.1. The molecule has 0 bridgehead atoms. The largest absolute Gasteiger partial charge is 0.437 e. The van der Waals surface area contributed by atoms with Gasteiger partial charge in [-0.05, 0) is 75.0 Å². The Morgan fingerprint density at radius 2 is 1.95 bits per heavy atom. The summed E-state index contributed by atoms with van der Waals surface area (Å²) in [6.45, 7) is 5.72. The maximum Gasteiger partial charge on any atom is 0.230 e. The topological polar surface area (TPSA) is 101 Å². The molecule has 1 atom stereocenters. The SMILES string of the molecule is Cc1ccc2c(NC(=O)C3(C)CC3)c(F)ccc2c1Oc1ncccc1-c1ccnc(N[C@H]2CCCNC2)n1. The number of aromatic nitrogens is 3. The lowest BCUT2D eigenvalue weighted by atomic mass is 10.0. The van der Waals surface area contributed by atoms with Gasteiger partial charge in [-0.15, -0.1) is 0 Å². The Labute approximate surface area is 226 Å². The molecule has 0 spiro atoms. The van der Waals surface area contributed by atoms with Crippen molar-refractivity contribution in [3.63, 3.8) is 0 Å². The summed E-state index contributed by atoms with van der Waals surface area (Å²) < 4.78 is 21.4. The van der Waals surface area contributed by atoms with Gasteiger partial charge in [0, 0.05) is 41.2 Å². The van der Waals surface area contributed by atoms with E-state index in [1.165, 1.54) is 6.07 Å². The minimum atomic E-state index is -0.484. The number of aryl methyl sites for hydroxylation is 1. The van der Waals surface area contributed by atoms with E-state index in [1.54, 1.807) is 18.5 Å². The summed E-state index contributed by atoms with van der Waals surface area (Å²) in [5.41, 5.74) is 1.97. The number of pyridine rings is 1. The number of rotatable bonds is 7. The molecule has 1 saturated carbocycles. The molecule has 6 rings (SSSR count). The zero-order chi connectivity index (χ0) is 27.0. The second-order valence-electron chi connectivity index (χ2n) is 10.7. The number of carbonyl (C=O) groups is 1. The quantitative estimate of drug-likeness (QED) is 0.278. The van der Waals surface area contributed by atoms with E-state index in [-0.39, 0.29) is 17.6 Å². The van der Waals surface area contributed by atoms with Crippen molar-refractivity contribution in [2.75, 3.05) is 23.7 Å². The second kappa shape index (κ2) is 10.2. The van der Waals surface area contributed by atoms with Crippen LogP contribution in [0.2, 0.25) is 0 Å². The van der Waals surface area contributed by atoms with Crippen LogP contribution in [0.5, 0.6) is 11.6 Å². The maximum absolute atomic E-state index is 14.9. The smallest absolute Gasteiger partial charge is 0.230 e. The first-order valence-electron chi connectivity index (χ1n) is 13.4. The molecule has 9 heteroatoms. The number of anilines is 2. The molecular weight excluding hydrogens is 495 g/mol. The summed E-state index contributed by atoms with van der Waals surface area (Å²) in [7, 11) is 0. The summed E-state index contributed by atoms with van der Waals surface area (Å²) in [6.07, 6.45) is 7.16. The Morgan fingerprint density at radius 3 is 2.74 bits per heavy atom. The Kier molecular flexibility index (Phi) is 6.60. The van der Waals surface area contributed by atoms with Crippen LogP contribution < -0.4 is 20.7 Å². The van der Waals surface area contributed by atoms with Gasteiger partial charge in [-0.3, -0.25) is 4.79 Å². The van der Waals surface area contributed by atoms with Gasteiger partial charge in [0.25, 0.3) is 0 Å². The number of hydrogen-bond donors (Lipinski definition) is 3. The summed E-state index contributed by atoms with van der Waals surface area (Å²) in [5.74, 6) is 0.820. The molecule has 8 nitrogen and oxygen atoms in total. The second-order valence-corrected chi connectivity index (χ2v) is 10.7. The molecule has 0 unspecified atom stereocenters. The number of piperidine rings is 1. The van der Waals surface area contributed by atoms with Crippen molar-refractivity contribution in [2.24, 2.45) is 5.41 Å². The Balaban J connectivity index is 1.34. The van der Waals surface area contributed by atoms with Crippen molar-refractivity contribution < 1.29 is 13.9 Å². The zero-order valence-electron chi connectivity index (χ0n) is 22.1. The van der Waals surface area contributed by atoms with Crippen LogP contribution in [0.15, 0.2) is 54.9 Å². The Hall–Kier alpha value is -4.11. The van der Waals surface area contributed by atoms with Gasteiger partial charge in [0.2, 0.25) is 17.7 Å². The Bertz CT molecular complexity index is 1550. The van der Waals surface area contributed by atoms with E-state index in [0.29, 0.717) is 39.6 Å². The number of amides is 1. The number of ether oxygens (including phenoxy) is 1. The monoisotopic (exact) mass is 526 g/mol. The fraction of sp³-hybridized carbons (Fsp3) is 0.333. The molecule has 2 aliphatic rings. The van der Waals surface area contributed by atoms with E-state index < -0.39 is 11.2 Å². The lowest BCUT2D eigenvalue weighted by molar-refractivity contribution is -0.120. The molecule has 2 aromatic carbocycles. The fourth-order valence-electron chi connectivity index (χ4n) is 4.90. The molecule has 3 heterocycles. The van der Waals surface area contributed by atoms with Crippen LogP contribution in [0, 0.1) is 18.2 Å². The van der Waals surface area contributed by atoms with Gasteiger partial charge in [-0.1, -0.05) is 19.1 Å². The van der Waals surface area contributed by atoms with Gasteiger partial charge in [-0.2, -0.15) is 0 Å². The third-order valence-electron chi connectivity index (χ3n) is 7.62. The molecule has 1 aliphatic heterocycles. The van der Waals surface area contributed by atoms with Crippen LogP contribution in [-0.2, 0) is 4.79 Å². The number of nitrogens with zero attached hydrogens (tertiary/aromatic N) is 3. The number of carbonyl (C=O) groups excluding carboxylic acids is 1. The number of halogens is 1. The molecule has 2 fully saturated rings. The lowest BCUT2D eigenvalue weighted by Gasteiger charge is -2.23. The van der Waals surface area contributed by atoms with E-state index in [4.69, 9.17) is 9.72 Å². The first-order valence-corrected chi connectivity index (χ1v) is 13.4. The maximum atomic E-state index is 14.9. The Morgan fingerprint density at radius 1 is 1.10 bits per heavy atom. The molecule has 1 amide bonds. The summed E-state index contributed by atoms with van der Waals surface area (Å²) in [4.78, 5) is 26.4. The standard InChI is InChI=1S/C30H31FN6O2/c1-18-7-8-20-21(9-10-23(31)25(20)37-28(38)30(2)12-13-30)26(18)39-27-22(6-4-15-33-27)24-11-16-34-29(36-24)35-19-5-3-14-32-17-19/h4,6-11,15-16,19,32H,3,5,12-14,17H2,1-2H3,(H,37,38)(H,34,35,36)/t19-/m0/s1. The van der Waals surface area contributed by atoms with Crippen molar-refractivity contribution in [1.29, 1.82) is 0 Å². The highest BCUT2D eigenvalue weighted by Crippen LogP contribution is 2.46. The molecule has 4 aromatic rings. The average Bonchev–Trinajstić information content (AvgIpc) is 3.71. The third kappa shape index (κ3) is 5.14. The zero-order valence-corrected chi connectivity index (χ0v) is 22.1. The molecule has 1 saturated heterocycles. The first-order chi connectivity index (χ1) is 18.9. The predicted molar refractivity (Wildman–Crippen MR) is 149 cm³/mol. The van der Waals surface area contributed by atoms with E-state index in [1.807, 2.05) is 44.2 Å². The van der Waals surface area contributed by atoms with Crippen LogP contribution in [0.25, 0.3) is 22.0 Å². The van der Waals surface area contributed by atoms with Gasteiger partial charge in [0.1, 0.15) is 11.6 Å².